The molecule has 0 bridgehead atoms. The summed E-state index contributed by atoms with van der Waals surface area (Å²) < 4.78 is 37.7. The van der Waals surface area contributed by atoms with Crippen molar-refractivity contribution in [1.29, 1.82) is 0 Å². The highest BCUT2D eigenvalue weighted by molar-refractivity contribution is 6.04. The van der Waals surface area contributed by atoms with E-state index >= 15 is 0 Å². The van der Waals surface area contributed by atoms with Gasteiger partial charge in [-0.1, -0.05) is 24.3 Å². The van der Waals surface area contributed by atoms with Gasteiger partial charge in [0.05, 0.1) is 23.5 Å². The summed E-state index contributed by atoms with van der Waals surface area (Å²) in [6.07, 6.45) is -4.35. The zero-order chi connectivity index (χ0) is 15.0. The van der Waals surface area contributed by atoms with E-state index in [-0.39, 0.29) is 5.91 Å². The summed E-state index contributed by atoms with van der Waals surface area (Å²) in [5.41, 5.74) is 1.76. The Morgan fingerprint density at radius 3 is 2.24 bits per heavy atom. The topological polar surface area (TPSA) is 41.1 Å². The number of hydrogen-bond donors (Lipinski definition) is 2. The van der Waals surface area contributed by atoms with Gasteiger partial charge < -0.3 is 10.6 Å². The number of nitrogens with one attached hydrogen (secondary N) is 2. The first-order valence-corrected chi connectivity index (χ1v) is 6.29. The average Bonchev–Trinajstić information content (AvgIpc) is 2.46. The lowest BCUT2D eigenvalue weighted by molar-refractivity contribution is -0.137. The number of halogens is 3. The van der Waals surface area contributed by atoms with E-state index in [1.54, 1.807) is 18.2 Å². The molecule has 2 N–H and O–H groups in total. The second-order valence-corrected chi connectivity index (χ2v) is 4.66. The van der Waals surface area contributed by atoms with E-state index in [0.717, 1.165) is 12.1 Å². The molecule has 1 heterocycles. The normalized spacial score (nSPS) is 14.1. The second kappa shape index (κ2) is 4.80. The minimum atomic E-state index is -4.35. The summed E-state index contributed by atoms with van der Waals surface area (Å²) in [4.78, 5) is 11.8. The van der Waals surface area contributed by atoms with Crippen LogP contribution in [0.2, 0.25) is 0 Å². The van der Waals surface area contributed by atoms with Gasteiger partial charge in [0.25, 0.3) is 5.91 Å². The van der Waals surface area contributed by atoms with Crippen molar-refractivity contribution in [3.8, 4) is 11.1 Å². The first-order valence-electron chi connectivity index (χ1n) is 6.29. The van der Waals surface area contributed by atoms with Crippen LogP contribution in [0.4, 0.5) is 18.9 Å². The van der Waals surface area contributed by atoms with E-state index in [0.29, 0.717) is 29.0 Å². The maximum atomic E-state index is 12.6. The standard InChI is InChI=1S/C15H11F3N2O/c16-15(17,18)10-6-4-9(5-7-10)11-2-1-3-12-13(11)19-8-20-14(12)21/h1-7,19H,8H2,(H,20,21). The number of benzene rings is 2. The highest BCUT2D eigenvalue weighted by atomic mass is 19.4. The fraction of sp³-hybridized carbons (Fsp3) is 0.133. The zero-order valence-electron chi connectivity index (χ0n) is 10.8. The van der Waals surface area contributed by atoms with Crippen LogP contribution in [0.25, 0.3) is 11.1 Å². The third-order valence-corrected chi connectivity index (χ3v) is 3.35. The van der Waals surface area contributed by atoms with Gasteiger partial charge in [0.2, 0.25) is 0 Å². The Bertz CT molecular complexity index is 693. The van der Waals surface area contributed by atoms with Gasteiger partial charge in [-0.05, 0) is 23.8 Å². The van der Waals surface area contributed by atoms with Crippen molar-refractivity contribution < 1.29 is 18.0 Å². The van der Waals surface area contributed by atoms with Gasteiger partial charge in [-0.25, -0.2) is 0 Å². The van der Waals surface area contributed by atoms with Gasteiger partial charge in [-0.3, -0.25) is 4.79 Å². The molecule has 2 aromatic carbocycles. The number of carbonyl (C=O) groups is 1. The first kappa shape index (κ1) is 13.5. The van der Waals surface area contributed by atoms with Crippen LogP contribution in [0.15, 0.2) is 42.5 Å². The van der Waals surface area contributed by atoms with Crippen LogP contribution in [-0.4, -0.2) is 12.6 Å². The summed E-state index contributed by atoms with van der Waals surface area (Å²) in [7, 11) is 0. The van der Waals surface area contributed by atoms with E-state index in [1.165, 1.54) is 12.1 Å². The van der Waals surface area contributed by atoms with E-state index < -0.39 is 11.7 Å². The number of amides is 1. The molecule has 3 nitrogen and oxygen atoms in total. The van der Waals surface area contributed by atoms with Crippen LogP contribution in [0.1, 0.15) is 15.9 Å². The minimum Gasteiger partial charge on any atom is -0.367 e. The summed E-state index contributed by atoms with van der Waals surface area (Å²) in [6.45, 7) is 0.295. The molecule has 0 unspecified atom stereocenters. The van der Waals surface area contributed by atoms with Crippen molar-refractivity contribution >= 4 is 11.6 Å². The lowest BCUT2D eigenvalue weighted by Crippen LogP contribution is -2.34. The maximum Gasteiger partial charge on any atom is 0.416 e. The van der Waals surface area contributed by atoms with Gasteiger partial charge in [-0.15, -0.1) is 0 Å². The average molecular weight is 292 g/mol. The SMILES string of the molecule is O=C1NCNc2c1cccc2-c1ccc(C(F)(F)F)cc1. The Hall–Kier alpha value is -2.50. The molecule has 0 atom stereocenters. The summed E-state index contributed by atoms with van der Waals surface area (Å²) in [6, 6.07) is 10.0. The second-order valence-electron chi connectivity index (χ2n) is 4.66. The van der Waals surface area contributed by atoms with E-state index in [9.17, 15) is 18.0 Å². The lowest BCUT2D eigenvalue weighted by Gasteiger charge is -2.21. The number of para-hydroxylation sites is 1. The largest absolute Gasteiger partial charge is 0.416 e. The Morgan fingerprint density at radius 2 is 1.57 bits per heavy atom. The highest BCUT2D eigenvalue weighted by Gasteiger charge is 2.30. The number of rotatable bonds is 1. The molecule has 0 aliphatic carbocycles. The Morgan fingerprint density at radius 1 is 0.905 bits per heavy atom. The van der Waals surface area contributed by atoms with Crippen molar-refractivity contribution in [3.05, 3.63) is 53.6 Å². The van der Waals surface area contributed by atoms with Gasteiger partial charge in [0.1, 0.15) is 0 Å². The monoisotopic (exact) mass is 292 g/mol. The van der Waals surface area contributed by atoms with Gasteiger partial charge in [0, 0.05) is 5.56 Å². The van der Waals surface area contributed by atoms with Gasteiger partial charge >= 0.3 is 6.18 Å². The Labute approximate surface area is 118 Å². The van der Waals surface area contributed by atoms with Crippen molar-refractivity contribution in [2.45, 2.75) is 6.18 Å². The number of anilines is 1. The molecule has 0 aromatic heterocycles. The third-order valence-electron chi connectivity index (χ3n) is 3.35. The van der Waals surface area contributed by atoms with Crippen LogP contribution in [0.5, 0.6) is 0 Å². The van der Waals surface area contributed by atoms with Crippen LogP contribution in [0.3, 0.4) is 0 Å². The molecule has 1 aliphatic heterocycles. The van der Waals surface area contributed by atoms with E-state index in [2.05, 4.69) is 10.6 Å². The maximum absolute atomic E-state index is 12.6. The molecule has 0 saturated carbocycles. The third kappa shape index (κ3) is 2.44. The molecule has 108 valence electrons. The smallest absolute Gasteiger partial charge is 0.367 e. The lowest BCUT2D eigenvalue weighted by atomic mass is 9.98. The van der Waals surface area contributed by atoms with Crippen molar-refractivity contribution in [1.82, 2.24) is 5.32 Å². The van der Waals surface area contributed by atoms with Crippen molar-refractivity contribution in [3.63, 3.8) is 0 Å². The molecule has 3 rings (SSSR count). The summed E-state index contributed by atoms with van der Waals surface area (Å²) in [5, 5.41) is 5.70. The Balaban J connectivity index is 2.05. The summed E-state index contributed by atoms with van der Waals surface area (Å²) in [5.74, 6) is -0.197. The molecule has 6 heteroatoms. The van der Waals surface area contributed by atoms with Gasteiger partial charge in [0.15, 0.2) is 0 Å². The number of carbonyl (C=O) groups excluding carboxylic acids is 1. The van der Waals surface area contributed by atoms with Crippen LogP contribution < -0.4 is 10.6 Å². The minimum absolute atomic E-state index is 0.197. The molecular formula is C15H11F3N2O. The number of hydrogen-bond acceptors (Lipinski definition) is 2. The van der Waals surface area contributed by atoms with Crippen molar-refractivity contribution in [2.75, 3.05) is 12.0 Å². The highest BCUT2D eigenvalue weighted by Crippen LogP contribution is 2.35. The molecular weight excluding hydrogens is 281 g/mol. The number of alkyl halides is 3. The molecule has 0 saturated heterocycles. The molecule has 0 fully saturated rings. The molecule has 2 aromatic rings. The van der Waals surface area contributed by atoms with Crippen LogP contribution in [-0.2, 0) is 6.18 Å². The van der Waals surface area contributed by atoms with E-state index in [1.807, 2.05) is 0 Å². The van der Waals surface area contributed by atoms with Crippen LogP contribution in [0, 0.1) is 0 Å². The summed E-state index contributed by atoms with van der Waals surface area (Å²) >= 11 is 0. The fourth-order valence-electron chi connectivity index (χ4n) is 2.32. The fourth-order valence-corrected chi connectivity index (χ4v) is 2.32. The van der Waals surface area contributed by atoms with Crippen LogP contribution >= 0.6 is 0 Å². The predicted molar refractivity (Wildman–Crippen MR) is 72.8 cm³/mol. The first-order chi connectivity index (χ1) is 9.97. The van der Waals surface area contributed by atoms with E-state index in [4.69, 9.17) is 0 Å². The molecule has 1 aliphatic rings. The zero-order valence-corrected chi connectivity index (χ0v) is 10.8. The predicted octanol–water partition coefficient (Wildman–Crippen LogP) is 3.49. The molecule has 1 amide bonds. The van der Waals surface area contributed by atoms with Crippen molar-refractivity contribution in [2.24, 2.45) is 0 Å². The Kier molecular flexibility index (Phi) is 3.08. The molecule has 21 heavy (non-hydrogen) atoms. The molecule has 0 spiro atoms. The van der Waals surface area contributed by atoms with Gasteiger partial charge in [-0.2, -0.15) is 13.2 Å². The molecule has 0 radical (unpaired) electrons. The number of fused-ring (bicyclic) bond motifs is 1. The quantitative estimate of drug-likeness (QED) is 0.845.